The monoisotopic (exact) mass is 506 g/mol. The first-order valence-corrected chi connectivity index (χ1v) is 11.8. The van der Waals surface area contributed by atoms with Gasteiger partial charge in [-0.15, -0.1) is 6.58 Å². The molecule has 7 heteroatoms. The van der Waals surface area contributed by atoms with Gasteiger partial charge in [0, 0.05) is 0 Å². The molecule has 0 heterocycles. The molecule has 190 valence electrons. The van der Waals surface area contributed by atoms with E-state index in [0.717, 1.165) is 12.1 Å². The van der Waals surface area contributed by atoms with Crippen LogP contribution < -0.4 is 0 Å². The molecule has 3 aromatic carbocycles. The molecule has 4 rings (SSSR count). The molecule has 3 aromatic rings. The van der Waals surface area contributed by atoms with Crippen LogP contribution in [0, 0.1) is 17.5 Å². The lowest BCUT2D eigenvalue weighted by Crippen LogP contribution is -2.41. The SMILES string of the molecule is C=CCCc1ccc(CCc2ccc3c(c2F)C(F)(F)C(F)(F)c2c-3ccc(CCC)c2F)cc1F. The van der Waals surface area contributed by atoms with Crippen LogP contribution in [0.4, 0.5) is 30.7 Å². The second-order valence-electron chi connectivity index (χ2n) is 9.07. The fourth-order valence-corrected chi connectivity index (χ4v) is 4.76. The van der Waals surface area contributed by atoms with Gasteiger partial charge in [-0.3, -0.25) is 0 Å². The second-order valence-corrected chi connectivity index (χ2v) is 9.07. The molecule has 0 radical (unpaired) electrons. The van der Waals surface area contributed by atoms with E-state index in [2.05, 4.69) is 6.58 Å². The predicted octanol–water partition coefficient (Wildman–Crippen LogP) is 8.82. The Hall–Kier alpha value is -3.09. The summed E-state index contributed by atoms with van der Waals surface area (Å²) in [4.78, 5) is 0. The maximum Gasteiger partial charge on any atom is 0.343 e. The van der Waals surface area contributed by atoms with E-state index in [1.54, 1.807) is 25.1 Å². The number of hydrogen-bond donors (Lipinski definition) is 0. The van der Waals surface area contributed by atoms with E-state index in [0.29, 0.717) is 30.4 Å². The van der Waals surface area contributed by atoms with E-state index in [4.69, 9.17) is 0 Å². The molecule has 0 atom stereocenters. The fraction of sp³-hybridized carbons (Fsp3) is 0.310. The van der Waals surface area contributed by atoms with Crippen LogP contribution in [-0.4, -0.2) is 0 Å². The molecule has 0 nitrogen and oxygen atoms in total. The maximum absolute atomic E-state index is 15.4. The summed E-state index contributed by atoms with van der Waals surface area (Å²) in [6.45, 7) is 5.31. The number of rotatable bonds is 8. The minimum absolute atomic E-state index is 0.0880. The summed E-state index contributed by atoms with van der Waals surface area (Å²) >= 11 is 0. The molecule has 0 aromatic heterocycles. The van der Waals surface area contributed by atoms with Gasteiger partial charge in [0.1, 0.15) is 17.5 Å². The topological polar surface area (TPSA) is 0 Å². The largest absolute Gasteiger partial charge is 0.343 e. The summed E-state index contributed by atoms with van der Waals surface area (Å²) in [5.74, 6) is -13.2. The van der Waals surface area contributed by atoms with Crippen LogP contribution in [0.25, 0.3) is 11.1 Å². The van der Waals surface area contributed by atoms with Gasteiger partial charge in [0.05, 0.1) is 11.1 Å². The molecule has 0 saturated carbocycles. The number of fused-ring (bicyclic) bond motifs is 3. The van der Waals surface area contributed by atoms with Crippen molar-refractivity contribution in [3.8, 4) is 11.1 Å². The maximum atomic E-state index is 15.4. The van der Waals surface area contributed by atoms with Crippen LogP contribution in [0.15, 0.2) is 55.1 Å². The Balaban J connectivity index is 1.72. The number of allylic oxidation sites excluding steroid dienone is 1. The lowest BCUT2D eigenvalue weighted by Gasteiger charge is -2.36. The molecule has 0 fully saturated rings. The zero-order chi connectivity index (χ0) is 26.3. The molecule has 1 aliphatic carbocycles. The van der Waals surface area contributed by atoms with Gasteiger partial charge in [-0.1, -0.05) is 55.8 Å². The minimum Gasteiger partial charge on any atom is -0.207 e. The molecule has 0 spiro atoms. The standard InChI is InChI=1S/C29H25F7/c1-3-5-7-18-10-8-17(16-23(18)30)9-11-20-13-15-22-21-14-12-19(6-4-2)26(31)24(21)28(33,34)29(35,36)25(22)27(20)32/h3,8,10,12-16H,1,4-7,9,11H2,2H3. The minimum atomic E-state index is -4.96. The zero-order valence-corrected chi connectivity index (χ0v) is 19.7. The van der Waals surface area contributed by atoms with Crippen molar-refractivity contribution in [3.63, 3.8) is 0 Å². The van der Waals surface area contributed by atoms with E-state index in [9.17, 15) is 8.78 Å². The van der Waals surface area contributed by atoms with Gasteiger partial charge in [-0.05, 0) is 71.6 Å². The first-order chi connectivity index (χ1) is 17.0. The highest BCUT2D eigenvalue weighted by atomic mass is 19.3. The first-order valence-electron chi connectivity index (χ1n) is 11.8. The highest BCUT2D eigenvalue weighted by Crippen LogP contribution is 2.59. The molecule has 0 bridgehead atoms. The molecule has 0 N–H and O–H groups in total. The van der Waals surface area contributed by atoms with Crippen LogP contribution >= 0.6 is 0 Å². The first kappa shape index (κ1) is 26.0. The number of aryl methyl sites for hydroxylation is 4. The average molecular weight is 507 g/mol. The summed E-state index contributed by atoms with van der Waals surface area (Å²) in [7, 11) is 0. The third-order valence-corrected chi connectivity index (χ3v) is 6.69. The Bertz CT molecular complexity index is 1310. The summed E-state index contributed by atoms with van der Waals surface area (Å²) < 4.78 is 105. The normalized spacial score (nSPS) is 15.3. The van der Waals surface area contributed by atoms with Crippen molar-refractivity contribution in [3.05, 3.63) is 106 Å². The summed E-state index contributed by atoms with van der Waals surface area (Å²) in [6.07, 6.45) is 3.29. The van der Waals surface area contributed by atoms with Gasteiger partial charge in [-0.2, -0.15) is 17.6 Å². The number of halogens is 7. The van der Waals surface area contributed by atoms with E-state index >= 15 is 22.0 Å². The summed E-state index contributed by atoms with van der Waals surface area (Å²) in [5, 5.41) is 0. The number of hydrogen-bond acceptors (Lipinski definition) is 0. The van der Waals surface area contributed by atoms with Gasteiger partial charge in [0.2, 0.25) is 0 Å². The zero-order valence-electron chi connectivity index (χ0n) is 19.7. The van der Waals surface area contributed by atoms with Crippen LogP contribution in [0.3, 0.4) is 0 Å². The van der Waals surface area contributed by atoms with Gasteiger partial charge in [0.15, 0.2) is 0 Å². The van der Waals surface area contributed by atoms with Crippen molar-refractivity contribution < 1.29 is 30.7 Å². The van der Waals surface area contributed by atoms with Gasteiger partial charge < -0.3 is 0 Å². The van der Waals surface area contributed by atoms with Crippen molar-refractivity contribution in [2.24, 2.45) is 0 Å². The third kappa shape index (κ3) is 4.22. The van der Waals surface area contributed by atoms with Gasteiger partial charge >= 0.3 is 11.8 Å². The van der Waals surface area contributed by atoms with Crippen LogP contribution in [-0.2, 0) is 37.5 Å². The van der Waals surface area contributed by atoms with Crippen molar-refractivity contribution in [2.45, 2.75) is 57.3 Å². The smallest absolute Gasteiger partial charge is 0.207 e. The Kier molecular flexibility index (Phi) is 7.04. The van der Waals surface area contributed by atoms with Crippen LogP contribution in [0.2, 0.25) is 0 Å². The van der Waals surface area contributed by atoms with Gasteiger partial charge in [0.25, 0.3) is 0 Å². The average Bonchev–Trinajstić information content (AvgIpc) is 2.82. The molecule has 0 aliphatic heterocycles. The van der Waals surface area contributed by atoms with Crippen molar-refractivity contribution in [2.75, 3.05) is 0 Å². The molecule has 0 saturated heterocycles. The molecule has 0 amide bonds. The second kappa shape index (κ2) is 9.75. The molecule has 0 unspecified atom stereocenters. The lowest BCUT2D eigenvalue weighted by atomic mass is 9.78. The molecular formula is C29H25F7. The molecule has 1 aliphatic rings. The van der Waals surface area contributed by atoms with Crippen LogP contribution in [0.1, 0.15) is 53.1 Å². The highest BCUT2D eigenvalue weighted by molar-refractivity contribution is 5.77. The van der Waals surface area contributed by atoms with Crippen LogP contribution in [0.5, 0.6) is 0 Å². The number of benzene rings is 3. The van der Waals surface area contributed by atoms with E-state index < -0.39 is 51.6 Å². The molecule has 36 heavy (non-hydrogen) atoms. The summed E-state index contributed by atoms with van der Waals surface area (Å²) in [6, 6.07) is 9.36. The Morgan fingerprint density at radius 2 is 1.22 bits per heavy atom. The molecular weight excluding hydrogens is 481 g/mol. The fourth-order valence-electron chi connectivity index (χ4n) is 4.76. The van der Waals surface area contributed by atoms with E-state index in [-0.39, 0.29) is 30.4 Å². The summed E-state index contributed by atoms with van der Waals surface area (Å²) in [5.41, 5.74) is -3.02. The quantitative estimate of drug-likeness (QED) is 0.212. The predicted molar refractivity (Wildman–Crippen MR) is 126 cm³/mol. The number of alkyl halides is 4. The van der Waals surface area contributed by atoms with E-state index in [1.807, 2.05) is 0 Å². The Labute approximate surface area is 205 Å². The van der Waals surface area contributed by atoms with Gasteiger partial charge in [-0.25, -0.2) is 13.2 Å². The Morgan fingerprint density at radius 1 is 0.694 bits per heavy atom. The van der Waals surface area contributed by atoms with E-state index in [1.165, 1.54) is 18.2 Å². The van der Waals surface area contributed by atoms with Crippen molar-refractivity contribution >= 4 is 0 Å². The Morgan fingerprint density at radius 3 is 1.72 bits per heavy atom. The lowest BCUT2D eigenvalue weighted by molar-refractivity contribution is -0.227. The van der Waals surface area contributed by atoms with Crippen molar-refractivity contribution in [1.29, 1.82) is 0 Å². The van der Waals surface area contributed by atoms with Crippen molar-refractivity contribution in [1.82, 2.24) is 0 Å². The third-order valence-electron chi connectivity index (χ3n) is 6.69. The highest BCUT2D eigenvalue weighted by Gasteiger charge is 2.65.